The number of anilines is 1. The van der Waals surface area contributed by atoms with Gasteiger partial charge in [0.05, 0.1) is 4.90 Å². The van der Waals surface area contributed by atoms with Crippen LogP contribution < -0.4 is 10.6 Å². The fraction of sp³-hybridized carbons (Fsp3) is 0.417. The summed E-state index contributed by atoms with van der Waals surface area (Å²) in [6.45, 7) is 0. The Morgan fingerprint density at radius 3 is 2.47 bits per heavy atom. The molecule has 0 spiro atoms. The van der Waals surface area contributed by atoms with Crippen LogP contribution >= 0.6 is 11.9 Å². The predicted molar refractivity (Wildman–Crippen MR) is 73.7 cm³/mol. The quantitative estimate of drug-likeness (QED) is 0.504. The SMILES string of the molecule is O=C(Nc1ccc(S[N+](=O)[O-])cc1)NC1CCCC1. The summed E-state index contributed by atoms with van der Waals surface area (Å²) in [5.74, 6) is 0. The number of hydrogen-bond donors (Lipinski definition) is 2. The van der Waals surface area contributed by atoms with Crippen molar-refractivity contribution in [1.82, 2.24) is 5.32 Å². The molecule has 0 radical (unpaired) electrons. The van der Waals surface area contributed by atoms with E-state index in [1.54, 1.807) is 24.3 Å². The average Bonchev–Trinajstić information content (AvgIpc) is 2.83. The highest BCUT2D eigenvalue weighted by Crippen LogP contribution is 2.21. The molecule has 0 saturated heterocycles. The summed E-state index contributed by atoms with van der Waals surface area (Å²) in [5.41, 5.74) is 0.628. The molecule has 6 nitrogen and oxygen atoms in total. The van der Waals surface area contributed by atoms with Gasteiger partial charge in [-0.2, -0.15) is 0 Å². The van der Waals surface area contributed by atoms with Gasteiger partial charge < -0.3 is 10.6 Å². The van der Waals surface area contributed by atoms with Crippen LogP contribution in [0.1, 0.15) is 25.7 Å². The van der Waals surface area contributed by atoms with Gasteiger partial charge in [0.15, 0.2) is 0 Å². The molecule has 1 aliphatic carbocycles. The van der Waals surface area contributed by atoms with E-state index < -0.39 is 4.33 Å². The number of urea groups is 1. The monoisotopic (exact) mass is 281 g/mol. The second kappa shape index (κ2) is 6.42. The van der Waals surface area contributed by atoms with Crippen molar-refractivity contribution < 1.29 is 9.12 Å². The summed E-state index contributed by atoms with van der Waals surface area (Å²) in [6, 6.07) is 6.57. The van der Waals surface area contributed by atoms with Crippen molar-refractivity contribution in [1.29, 1.82) is 0 Å². The Morgan fingerprint density at radius 2 is 1.89 bits per heavy atom. The first-order valence-electron chi connectivity index (χ1n) is 6.13. The Bertz CT molecular complexity index is 458. The molecule has 1 aromatic carbocycles. The van der Waals surface area contributed by atoms with E-state index in [0.29, 0.717) is 22.5 Å². The minimum atomic E-state index is -0.463. The van der Waals surface area contributed by atoms with Crippen LogP contribution in [0.15, 0.2) is 29.2 Å². The third kappa shape index (κ3) is 4.44. The number of benzene rings is 1. The predicted octanol–water partition coefficient (Wildman–Crippen LogP) is 3.03. The first-order chi connectivity index (χ1) is 9.13. The largest absolute Gasteiger partial charge is 0.335 e. The maximum atomic E-state index is 11.7. The Labute approximate surface area is 115 Å². The van der Waals surface area contributed by atoms with Crippen molar-refractivity contribution in [3.05, 3.63) is 34.4 Å². The second-order valence-corrected chi connectivity index (χ2v) is 5.37. The first-order valence-corrected chi connectivity index (χ1v) is 6.91. The van der Waals surface area contributed by atoms with Crippen LogP contribution in [-0.2, 0) is 0 Å². The molecule has 7 heteroatoms. The van der Waals surface area contributed by atoms with Gasteiger partial charge in [-0.15, -0.1) is 0 Å². The van der Waals surface area contributed by atoms with E-state index in [1.165, 1.54) is 0 Å². The molecular weight excluding hydrogens is 266 g/mol. The van der Waals surface area contributed by atoms with Crippen LogP contribution in [0.5, 0.6) is 0 Å². The fourth-order valence-electron chi connectivity index (χ4n) is 2.11. The molecule has 2 rings (SSSR count). The average molecular weight is 281 g/mol. The first kappa shape index (κ1) is 13.7. The molecule has 0 heterocycles. The van der Waals surface area contributed by atoms with E-state index in [4.69, 9.17) is 0 Å². The molecule has 2 N–H and O–H groups in total. The maximum Gasteiger partial charge on any atom is 0.319 e. The molecule has 1 aromatic rings. The number of amides is 2. The van der Waals surface area contributed by atoms with Gasteiger partial charge in [0, 0.05) is 11.7 Å². The van der Waals surface area contributed by atoms with E-state index in [1.807, 2.05) is 0 Å². The van der Waals surface area contributed by atoms with Crippen LogP contribution in [0.3, 0.4) is 0 Å². The molecule has 0 aromatic heterocycles. The van der Waals surface area contributed by atoms with Crippen LogP contribution in [0.2, 0.25) is 0 Å². The van der Waals surface area contributed by atoms with E-state index >= 15 is 0 Å². The summed E-state index contributed by atoms with van der Waals surface area (Å²) in [6.07, 6.45) is 4.40. The zero-order chi connectivity index (χ0) is 13.7. The minimum absolute atomic E-state index is 0.221. The van der Waals surface area contributed by atoms with Crippen molar-refractivity contribution in [3.8, 4) is 0 Å². The lowest BCUT2D eigenvalue weighted by molar-refractivity contribution is -0.284. The standard InChI is InChI=1S/C12H15N3O3S/c16-12(13-9-3-1-2-4-9)14-10-5-7-11(8-6-10)19-15(17)18/h5-9H,1-4H2,(H2,13,14,16). The lowest BCUT2D eigenvalue weighted by Gasteiger charge is -2.12. The fourth-order valence-corrected chi connectivity index (χ4v) is 2.54. The van der Waals surface area contributed by atoms with Gasteiger partial charge in [0.1, 0.15) is 4.33 Å². The van der Waals surface area contributed by atoms with Crippen LogP contribution in [0.25, 0.3) is 0 Å². The van der Waals surface area contributed by atoms with Gasteiger partial charge in [-0.3, -0.25) is 10.1 Å². The van der Waals surface area contributed by atoms with Gasteiger partial charge in [-0.25, -0.2) is 4.79 Å². The number of carbonyl (C=O) groups excluding carboxylic acids is 1. The smallest absolute Gasteiger partial charge is 0.319 e. The molecular formula is C12H15N3O3S. The number of rotatable bonds is 4. The molecule has 19 heavy (non-hydrogen) atoms. The number of nitrogens with one attached hydrogen (secondary N) is 2. The van der Waals surface area contributed by atoms with Crippen molar-refractivity contribution in [2.24, 2.45) is 0 Å². The number of nitro groups is 1. The summed E-state index contributed by atoms with van der Waals surface area (Å²) in [4.78, 5) is 22.5. The Hall–Kier alpha value is -1.76. The molecule has 0 aliphatic heterocycles. The normalized spacial score (nSPS) is 15.2. The lowest BCUT2D eigenvalue weighted by Crippen LogP contribution is -2.36. The number of carbonyl (C=O) groups is 1. The summed E-state index contributed by atoms with van der Waals surface area (Å²) < 4.78 is -0.463. The second-order valence-electron chi connectivity index (χ2n) is 4.42. The van der Waals surface area contributed by atoms with Crippen molar-refractivity contribution in [2.45, 2.75) is 36.6 Å². The van der Waals surface area contributed by atoms with Crippen LogP contribution in [0, 0.1) is 10.1 Å². The molecule has 1 aliphatic rings. The highest BCUT2D eigenvalue weighted by atomic mass is 32.2. The van der Waals surface area contributed by atoms with Crippen LogP contribution in [-0.4, -0.2) is 16.4 Å². The Kier molecular flexibility index (Phi) is 4.62. The molecule has 0 unspecified atom stereocenters. The van der Waals surface area contributed by atoms with E-state index in [9.17, 15) is 14.9 Å². The Balaban J connectivity index is 1.84. The summed E-state index contributed by atoms with van der Waals surface area (Å²) in [5, 5.41) is 15.9. The third-order valence-corrected chi connectivity index (χ3v) is 3.61. The van der Waals surface area contributed by atoms with Gasteiger partial charge >= 0.3 is 6.03 Å². The molecule has 0 atom stereocenters. The number of nitrogens with zero attached hydrogens (tertiary/aromatic N) is 1. The molecule has 2 amide bonds. The van der Waals surface area contributed by atoms with E-state index in [-0.39, 0.29) is 12.1 Å². The van der Waals surface area contributed by atoms with Gasteiger partial charge in [-0.1, -0.05) is 12.8 Å². The lowest BCUT2D eigenvalue weighted by atomic mass is 10.2. The highest BCUT2D eigenvalue weighted by Gasteiger charge is 2.16. The summed E-state index contributed by atoms with van der Waals surface area (Å²) in [7, 11) is 0. The third-order valence-electron chi connectivity index (χ3n) is 2.98. The Morgan fingerprint density at radius 1 is 1.26 bits per heavy atom. The maximum absolute atomic E-state index is 11.7. The van der Waals surface area contributed by atoms with E-state index in [0.717, 1.165) is 25.7 Å². The zero-order valence-corrected chi connectivity index (χ0v) is 11.1. The van der Waals surface area contributed by atoms with E-state index in [2.05, 4.69) is 10.6 Å². The molecule has 0 bridgehead atoms. The molecule has 1 saturated carbocycles. The van der Waals surface area contributed by atoms with Crippen molar-refractivity contribution >= 4 is 23.7 Å². The topological polar surface area (TPSA) is 84.3 Å². The van der Waals surface area contributed by atoms with Crippen LogP contribution in [0.4, 0.5) is 10.5 Å². The van der Waals surface area contributed by atoms with Gasteiger partial charge in [0.25, 0.3) is 11.9 Å². The van der Waals surface area contributed by atoms with Crippen molar-refractivity contribution in [3.63, 3.8) is 0 Å². The number of hydrogen-bond acceptors (Lipinski definition) is 4. The highest BCUT2D eigenvalue weighted by molar-refractivity contribution is 7.93. The molecule has 1 fully saturated rings. The summed E-state index contributed by atoms with van der Waals surface area (Å²) >= 11 is 0.546. The molecule has 102 valence electrons. The van der Waals surface area contributed by atoms with Gasteiger partial charge in [-0.05, 0) is 37.1 Å². The minimum Gasteiger partial charge on any atom is -0.335 e. The van der Waals surface area contributed by atoms with Gasteiger partial charge in [0.2, 0.25) is 0 Å². The zero-order valence-electron chi connectivity index (χ0n) is 10.3. The van der Waals surface area contributed by atoms with Crippen molar-refractivity contribution in [2.75, 3.05) is 5.32 Å².